The van der Waals surface area contributed by atoms with Crippen LogP contribution in [0.1, 0.15) is 35.3 Å². The number of benzene rings is 3. The zero-order valence-electron chi connectivity index (χ0n) is 19.9. The Hall–Kier alpha value is -3.56. The first kappa shape index (κ1) is 27.0. The van der Waals surface area contributed by atoms with E-state index in [0.29, 0.717) is 33.1 Å². The number of carbonyl (C=O) groups excluding carboxylic acids is 1. The highest BCUT2D eigenvalue weighted by Gasteiger charge is 2.21. The summed E-state index contributed by atoms with van der Waals surface area (Å²) in [7, 11) is -2.08. The van der Waals surface area contributed by atoms with E-state index in [1.165, 1.54) is 19.2 Å². The number of carboxylic acid groups (broad SMARTS) is 1. The zero-order chi connectivity index (χ0) is 26.5. The number of methoxy groups -OCH3 is 1. The molecule has 0 aromatic heterocycles. The van der Waals surface area contributed by atoms with Gasteiger partial charge in [0.15, 0.2) is 21.3 Å². The number of sulfone groups is 1. The third-order valence-corrected chi connectivity index (χ3v) is 7.70. The van der Waals surface area contributed by atoms with Crippen molar-refractivity contribution in [3.8, 4) is 17.2 Å². The average Bonchev–Trinajstić information content (AvgIpc) is 2.80. The molecule has 0 atom stereocenters. The molecule has 0 saturated heterocycles. The molecule has 0 aliphatic rings. The zero-order valence-corrected chi connectivity index (χ0v) is 21.5. The van der Waals surface area contributed by atoms with Gasteiger partial charge in [-0.2, -0.15) is 0 Å². The summed E-state index contributed by atoms with van der Waals surface area (Å²) in [4.78, 5) is 23.8. The molecule has 3 aromatic rings. The molecule has 36 heavy (non-hydrogen) atoms. The third-order valence-electron chi connectivity index (χ3n) is 5.30. The van der Waals surface area contributed by atoms with Gasteiger partial charge in [0.2, 0.25) is 0 Å². The minimum atomic E-state index is -3.52. The molecule has 0 saturated carbocycles. The predicted octanol–water partition coefficient (Wildman–Crippen LogP) is 5.34. The van der Waals surface area contributed by atoms with Gasteiger partial charge in [-0.05, 0) is 74.0 Å². The van der Waals surface area contributed by atoms with Crippen LogP contribution in [-0.2, 0) is 26.8 Å². The quantitative estimate of drug-likeness (QED) is 0.362. The maximum Gasteiger partial charge on any atom is 0.307 e. The second-order valence-corrected chi connectivity index (χ2v) is 11.3. The van der Waals surface area contributed by atoms with Crippen molar-refractivity contribution >= 4 is 39.0 Å². The van der Waals surface area contributed by atoms with Crippen molar-refractivity contribution in [3.05, 3.63) is 82.4 Å². The van der Waals surface area contributed by atoms with E-state index >= 15 is 0 Å². The van der Waals surface area contributed by atoms with Crippen molar-refractivity contribution < 1.29 is 32.6 Å². The average molecular weight is 532 g/mol. The monoisotopic (exact) mass is 531 g/mol. The number of nitrogens with one attached hydrogen (secondary N) is 1. The van der Waals surface area contributed by atoms with Gasteiger partial charge in [-0.3, -0.25) is 9.59 Å². The van der Waals surface area contributed by atoms with E-state index in [2.05, 4.69) is 5.32 Å². The van der Waals surface area contributed by atoms with Crippen molar-refractivity contribution in [3.63, 3.8) is 0 Å². The van der Waals surface area contributed by atoms with Gasteiger partial charge in [-0.25, -0.2) is 8.42 Å². The molecule has 0 bridgehead atoms. The van der Waals surface area contributed by atoms with Gasteiger partial charge in [0.25, 0.3) is 5.91 Å². The molecule has 0 fully saturated rings. The molecule has 1 amide bonds. The molecule has 3 aromatic carbocycles. The molecule has 0 aliphatic carbocycles. The summed E-state index contributed by atoms with van der Waals surface area (Å²) in [5.74, 6) is -0.910. The number of anilines is 1. The largest absolute Gasteiger partial charge is 0.493 e. The lowest BCUT2D eigenvalue weighted by Gasteiger charge is -2.17. The summed E-state index contributed by atoms with van der Waals surface area (Å²) in [6.45, 7) is 3.17. The van der Waals surface area contributed by atoms with Gasteiger partial charge < -0.3 is 19.9 Å². The molecule has 0 heterocycles. The van der Waals surface area contributed by atoms with Crippen LogP contribution in [0.5, 0.6) is 17.2 Å². The Morgan fingerprint density at radius 3 is 2.25 bits per heavy atom. The van der Waals surface area contributed by atoms with Gasteiger partial charge >= 0.3 is 5.97 Å². The van der Waals surface area contributed by atoms with E-state index in [-0.39, 0.29) is 29.6 Å². The molecular formula is C26H26ClNO7S. The van der Waals surface area contributed by atoms with Crippen LogP contribution in [0, 0.1) is 0 Å². The Morgan fingerprint density at radius 1 is 0.972 bits per heavy atom. The number of carboxylic acids is 1. The molecule has 2 N–H and O–H groups in total. The molecule has 0 radical (unpaired) electrons. The van der Waals surface area contributed by atoms with Crippen molar-refractivity contribution in [2.45, 2.75) is 31.3 Å². The number of ether oxygens (including phenoxy) is 2. The number of hydrogen-bond acceptors (Lipinski definition) is 6. The minimum Gasteiger partial charge on any atom is -0.493 e. The summed E-state index contributed by atoms with van der Waals surface area (Å²) in [5.41, 5.74) is 1.57. The van der Waals surface area contributed by atoms with Crippen LogP contribution >= 0.6 is 11.6 Å². The fourth-order valence-corrected chi connectivity index (χ4v) is 4.38. The van der Waals surface area contributed by atoms with E-state index in [4.69, 9.17) is 26.2 Å². The van der Waals surface area contributed by atoms with Crippen LogP contribution < -0.4 is 14.8 Å². The Balaban J connectivity index is 1.98. The van der Waals surface area contributed by atoms with Gasteiger partial charge in [-0.15, -0.1) is 0 Å². The van der Waals surface area contributed by atoms with E-state index in [1.807, 2.05) is 0 Å². The molecule has 8 nitrogen and oxygen atoms in total. The van der Waals surface area contributed by atoms with Crippen LogP contribution in [0.4, 0.5) is 5.69 Å². The summed E-state index contributed by atoms with van der Waals surface area (Å²) in [6, 6.07) is 15.7. The molecule has 3 rings (SSSR count). The summed E-state index contributed by atoms with van der Waals surface area (Å²) in [5, 5.41) is 11.7. The minimum absolute atomic E-state index is 0.218. The van der Waals surface area contributed by atoms with Crippen LogP contribution in [0.25, 0.3) is 0 Å². The van der Waals surface area contributed by atoms with Crippen LogP contribution in [0.3, 0.4) is 0 Å². The van der Waals surface area contributed by atoms with Gasteiger partial charge in [0, 0.05) is 21.8 Å². The lowest BCUT2D eigenvalue weighted by Crippen LogP contribution is -2.17. The van der Waals surface area contributed by atoms with Crippen LogP contribution in [-0.4, -0.2) is 37.8 Å². The lowest BCUT2D eigenvalue weighted by atomic mass is 10.1. The van der Waals surface area contributed by atoms with Crippen LogP contribution in [0.15, 0.2) is 60.7 Å². The second-order valence-electron chi connectivity index (χ2n) is 8.30. The Labute approximate surface area is 214 Å². The number of carbonyl (C=O) groups is 2. The molecule has 0 aliphatic heterocycles. The van der Waals surface area contributed by atoms with E-state index in [9.17, 15) is 18.0 Å². The highest BCUT2D eigenvalue weighted by Crippen LogP contribution is 2.36. The van der Waals surface area contributed by atoms with E-state index in [1.54, 1.807) is 62.4 Å². The number of hydrogen-bond donors (Lipinski definition) is 2. The summed E-state index contributed by atoms with van der Waals surface area (Å²) < 4.78 is 36.8. The van der Waals surface area contributed by atoms with Gasteiger partial charge in [0.1, 0.15) is 5.75 Å². The number of amides is 1. The molecular weight excluding hydrogens is 506 g/mol. The SMILES string of the molecule is COc1ccc(CC(=O)O)cc1Oc1ccc(NC(=O)c2ccc(Cl)cc2)cc1CS(=O)(=O)C(C)C. The van der Waals surface area contributed by atoms with Crippen molar-refractivity contribution in [2.75, 3.05) is 12.4 Å². The maximum atomic E-state index is 12.7. The summed E-state index contributed by atoms with van der Waals surface area (Å²) in [6.07, 6.45) is -0.218. The second kappa shape index (κ2) is 11.5. The van der Waals surface area contributed by atoms with Crippen molar-refractivity contribution in [2.24, 2.45) is 0 Å². The fourth-order valence-electron chi connectivity index (χ4n) is 3.26. The van der Waals surface area contributed by atoms with E-state index in [0.717, 1.165) is 0 Å². The lowest BCUT2D eigenvalue weighted by molar-refractivity contribution is -0.136. The molecule has 190 valence electrons. The van der Waals surface area contributed by atoms with Crippen LogP contribution in [0.2, 0.25) is 5.02 Å². The normalized spacial score (nSPS) is 11.2. The predicted molar refractivity (Wildman–Crippen MR) is 138 cm³/mol. The highest BCUT2D eigenvalue weighted by atomic mass is 35.5. The van der Waals surface area contributed by atoms with Gasteiger partial charge in [0.05, 0.1) is 24.5 Å². The first-order valence-electron chi connectivity index (χ1n) is 11.0. The van der Waals surface area contributed by atoms with Crippen molar-refractivity contribution in [1.29, 1.82) is 0 Å². The number of halogens is 1. The number of aliphatic carboxylic acids is 1. The topological polar surface area (TPSA) is 119 Å². The standard InChI is InChI=1S/C26H26ClNO7S/c1-16(2)36(32,33)15-19-14-21(28-26(31)18-5-7-20(27)8-6-18)9-11-22(19)35-24-12-17(13-25(29)30)4-10-23(24)34-3/h4-12,14,16H,13,15H2,1-3H3,(H,28,31)(H,29,30). The molecule has 0 spiro atoms. The smallest absolute Gasteiger partial charge is 0.307 e. The molecule has 10 heteroatoms. The maximum absolute atomic E-state index is 12.7. The summed E-state index contributed by atoms with van der Waals surface area (Å²) >= 11 is 5.88. The Bertz CT molecular complexity index is 1370. The third kappa shape index (κ3) is 6.99. The Kier molecular flexibility index (Phi) is 8.60. The first-order chi connectivity index (χ1) is 17.0. The highest BCUT2D eigenvalue weighted by molar-refractivity contribution is 7.91. The molecule has 0 unspecified atom stereocenters. The number of rotatable bonds is 10. The first-order valence-corrected chi connectivity index (χ1v) is 13.1. The van der Waals surface area contributed by atoms with Gasteiger partial charge in [-0.1, -0.05) is 17.7 Å². The fraction of sp³-hybridized carbons (Fsp3) is 0.231. The Morgan fingerprint density at radius 2 is 1.64 bits per heavy atom. The van der Waals surface area contributed by atoms with Crippen molar-refractivity contribution in [1.82, 2.24) is 0 Å². The van der Waals surface area contributed by atoms with E-state index < -0.39 is 21.1 Å².